The molecule has 0 unspecified atom stereocenters. The van der Waals surface area contributed by atoms with E-state index in [1.54, 1.807) is 44.6 Å². The maximum Gasteiger partial charge on any atom is 0.226 e. The number of allylic oxidation sites excluding steroid dienone is 1. The van der Waals surface area contributed by atoms with Gasteiger partial charge >= 0.3 is 0 Å². The molecule has 0 heterocycles. The van der Waals surface area contributed by atoms with E-state index in [0.29, 0.717) is 5.56 Å². The SMILES string of the molecule is C=C(O)C(=O)c1ccccc1.COC. The molecule has 1 N–H and O–H groups in total. The fraction of sp³-hybridized carbons (Fsp3) is 0.182. The first kappa shape index (κ1) is 12.4. The van der Waals surface area contributed by atoms with Crippen molar-refractivity contribution in [2.45, 2.75) is 0 Å². The second-order valence-corrected chi connectivity index (χ2v) is 2.55. The lowest BCUT2D eigenvalue weighted by atomic mass is 10.1. The summed E-state index contributed by atoms with van der Waals surface area (Å²) in [7, 11) is 3.25. The summed E-state index contributed by atoms with van der Waals surface area (Å²) in [5.41, 5.74) is 0.458. The van der Waals surface area contributed by atoms with Gasteiger partial charge in [0, 0.05) is 19.8 Å². The monoisotopic (exact) mass is 194 g/mol. The highest BCUT2D eigenvalue weighted by Crippen LogP contribution is 2.03. The van der Waals surface area contributed by atoms with E-state index >= 15 is 0 Å². The fourth-order valence-corrected chi connectivity index (χ4v) is 0.756. The summed E-state index contributed by atoms with van der Waals surface area (Å²) in [6.07, 6.45) is 0. The van der Waals surface area contributed by atoms with Gasteiger partial charge in [0.1, 0.15) is 0 Å². The van der Waals surface area contributed by atoms with E-state index in [9.17, 15) is 4.79 Å². The lowest BCUT2D eigenvalue weighted by molar-refractivity contribution is 0.0979. The average molecular weight is 194 g/mol. The zero-order valence-electron chi connectivity index (χ0n) is 8.36. The number of ketones is 1. The molecule has 1 rings (SSSR count). The van der Waals surface area contributed by atoms with E-state index in [1.807, 2.05) is 0 Å². The minimum Gasteiger partial charge on any atom is -0.505 e. The lowest BCUT2D eigenvalue weighted by Gasteiger charge is -1.95. The van der Waals surface area contributed by atoms with Crippen LogP contribution in [0.4, 0.5) is 0 Å². The van der Waals surface area contributed by atoms with Gasteiger partial charge in [0.15, 0.2) is 5.76 Å². The normalized spacial score (nSPS) is 8.43. The summed E-state index contributed by atoms with van der Waals surface area (Å²) in [6.45, 7) is 3.14. The first-order valence-corrected chi connectivity index (χ1v) is 4.01. The van der Waals surface area contributed by atoms with Crippen molar-refractivity contribution in [3.8, 4) is 0 Å². The van der Waals surface area contributed by atoms with Crippen LogP contribution in [0.3, 0.4) is 0 Å². The quantitative estimate of drug-likeness (QED) is 0.446. The van der Waals surface area contributed by atoms with Crippen molar-refractivity contribution in [2.24, 2.45) is 0 Å². The number of aliphatic hydroxyl groups is 1. The van der Waals surface area contributed by atoms with Gasteiger partial charge in [-0.05, 0) is 0 Å². The standard InChI is InChI=1S/C9H8O2.C2H6O/c1-7(10)9(11)8-5-3-2-4-6-8;1-3-2/h2-6,10H,1H2;1-2H3. The third-order valence-electron chi connectivity index (χ3n) is 1.30. The molecule has 3 nitrogen and oxygen atoms in total. The largest absolute Gasteiger partial charge is 0.505 e. The minimum atomic E-state index is -0.425. The molecule has 0 aliphatic rings. The molecule has 0 aliphatic heterocycles. The van der Waals surface area contributed by atoms with Crippen molar-refractivity contribution in [2.75, 3.05) is 14.2 Å². The molecule has 0 radical (unpaired) electrons. The van der Waals surface area contributed by atoms with Crippen LogP contribution in [0.25, 0.3) is 0 Å². The molecule has 0 bridgehead atoms. The van der Waals surface area contributed by atoms with Gasteiger partial charge in [-0.1, -0.05) is 36.9 Å². The number of benzene rings is 1. The van der Waals surface area contributed by atoms with Crippen molar-refractivity contribution in [1.82, 2.24) is 0 Å². The molecular formula is C11H14O3. The molecule has 0 atom stereocenters. The number of carbonyl (C=O) groups excluding carboxylic acids is 1. The van der Waals surface area contributed by atoms with E-state index in [0.717, 1.165) is 0 Å². The van der Waals surface area contributed by atoms with Crippen molar-refractivity contribution in [3.63, 3.8) is 0 Å². The molecule has 3 heteroatoms. The number of hydrogen-bond donors (Lipinski definition) is 1. The number of ether oxygens (including phenoxy) is 1. The van der Waals surface area contributed by atoms with Crippen LogP contribution in [0, 0.1) is 0 Å². The zero-order valence-corrected chi connectivity index (χ0v) is 8.36. The van der Waals surface area contributed by atoms with Gasteiger partial charge in [-0.25, -0.2) is 0 Å². The number of aliphatic hydroxyl groups excluding tert-OH is 1. The summed E-state index contributed by atoms with van der Waals surface area (Å²) in [5.74, 6) is -0.846. The molecule has 0 saturated carbocycles. The highest BCUT2D eigenvalue weighted by molar-refractivity contribution is 6.06. The van der Waals surface area contributed by atoms with Crippen LogP contribution in [0.5, 0.6) is 0 Å². The summed E-state index contributed by atoms with van der Waals surface area (Å²) in [5, 5.41) is 8.73. The highest BCUT2D eigenvalue weighted by atomic mass is 16.4. The van der Waals surface area contributed by atoms with Crippen molar-refractivity contribution < 1.29 is 14.6 Å². The third-order valence-corrected chi connectivity index (χ3v) is 1.30. The summed E-state index contributed by atoms with van der Waals surface area (Å²) < 4.78 is 4.25. The Morgan fingerprint density at radius 3 is 2.07 bits per heavy atom. The van der Waals surface area contributed by atoms with Crippen LogP contribution < -0.4 is 0 Å². The van der Waals surface area contributed by atoms with Gasteiger partial charge in [-0.3, -0.25) is 4.79 Å². The second kappa shape index (κ2) is 6.86. The minimum absolute atomic E-state index is 0.420. The Labute approximate surface area is 83.6 Å². The van der Waals surface area contributed by atoms with Crippen LogP contribution in [0.1, 0.15) is 10.4 Å². The molecular weight excluding hydrogens is 180 g/mol. The van der Waals surface area contributed by atoms with Crippen LogP contribution >= 0.6 is 0 Å². The van der Waals surface area contributed by atoms with E-state index in [4.69, 9.17) is 5.11 Å². The molecule has 1 aromatic rings. The second-order valence-electron chi connectivity index (χ2n) is 2.55. The maximum absolute atomic E-state index is 11.0. The first-order chi connectivity index (χ1) is 6.63. The maximum atomic E-state index is 11.0. The van der Waals surface area contributed by atoms with E-state index in [2.05, 4.69) is 11.3 Å². The van der Waals surface area contributed by atoms with E-state index in [-0.39, 0.29) is 0 Å². The Balaban J connectivity index is 0.000000500. The van der Waals surface area contributed by atoms with Gasteiger partial charge in [0.2, 0.25) is 5.78 Å². The first-order valence-electron chi connectivity index (χ1n) is 4.01. The molecule has 14 heavy (non-hydrogen) atoms. The number of carbonyl (C=O) groups is 1. The van der Waals surface area contributed by atoms with Gasteiger partial charge < -0.3 is 9.84 Å². The summed E-state index contributed by atoms with van der Waals surface area (Å²) >= 11 is 0. The molecule has 76 valence electrons. The number of rotatable bonds is 2. The van der Waals surface area contributed by atoms with Crippen molar-refractivity contribution in [1.29, 1.82) is 0 Å². The Morgan fingerprint density at radius 1 is 1.29 bits per heavy atom. The smallest absolute Gasteiger partial charge is 0.226 e. The molecule has 0 spiro atoms. The van der Waals surface area contributed by atoms with Crippen LogP contribution in [0.15, 0.2) is 42.7 Å². The Kier molecular flexibility index (Phi) is 6.07. The van der Waals surface area contributed by atoms with Gasteiger partial charge in [0.25, 0.3) is 0 Å². The molecule has 0 aliphatic carbocycles. The predicted molar refractivity (Wildman–Crippen MR) is 55.5 cm³/mol. The molecule has 0 fully saturated rings. The fourth-order valence-electron chi connectivity index (χ4n) is 0.756. The molecule has 1 aromatic carbocycles. The summed E-state index contributed by atoms with van der Waals surface area (Å²) in [4.78, 5) is 11.0. The molecule has 0 amide bonds. The third kappa shape index (κ3) is 4.42. The average Bonchev–Trinajstić information content (AvgIpc) is 2.19. The Bertz CT molecular complexity index is 291. The number of Topliss-reactive ketones (excluding diaryl/α,β-unsaturated/α-hetero) is 1. The van der Waals surface area contributed by atoms with Crippen molar-refractivity contribution in [3.05, 3.63) is 48.2 Å². The Morgan fingerprint density at radius 2 is 1.71 bits per heavy atom. The molecule has 0 aromatic heterocycles. The topological polar surface area (TPSA) is 46.5 Å². The van der Waals surface area contributed by atoms with Crippen LogP contribution in [0.2, 0.25) is 0 Å². The summed E-state index contributed by atoms with van der Waals surface area (Å²) in [6, 6.07) is 8.52. The van der Waals surface area contributed by atoms with Crippen molar-refractivity contribution >= 4 is 5.78 Å². The van der Waals surface area contributed by atoms with E-state index < -0.39 is 11.5 Å². The van der Waals surface area contributed by atoms with E-state index in [1.165, 1.54) is 0 Å². The zero-order chi connectivity index (χ0) is 11.0. The van der Waals surface area contributed by atoms with Gasteiger partial charge in [0.05, 0.1) is 0 Å². The van der Waals surface area contributed by atoms with Gasteiger partial charge in [-0.2, -0.15) is 0 Å². The predicted octanol–water partition coefficient (Wildman–Crippen LogP) is 2.20. The van der Waals surface area contributed by atoms with Crippen LogP contribution in [-0.4, -0.2) is 25.1 Å². The molecule has 0 saturated heterocycles. The highest BCUT2D eigenvalue weighted by Gasteiger charge is 2.06. The van der Waals surface area contributed by atoms with Crippen LogP contribution in [-0.2, 0) is 4.74 Å². The Hall–Kier alpha value is -1.61. The number of hydrogen-bond acceptors (Lipinski definition) is 3. The lowest BCUT2D eigenvalue weighted by Crippen LogP contribution is -2.00. The van der Waals surface area contributed by atoms with Gasteiger partial charge in [-0.15, -0.1) is 0 Å². The number of methoxy groups -OCH3 is 1.